The monoisotopic (exact) mass is 405 g/mol. The summed E-state index contributed by atoms with van der Waals surface area (Å²) in [6, 6.07) is 10.9. The highest BCUT2D eigenvalue weighted by atomic mass is 35.5. The molecular weight excluding hydrogens is 385 g/mol. The maximum atomic E-state index is 12.2. The molecule has 0 radical (unpaired) electrons. The van der Waals surface area contributed by atoms with Crippen molar-refractivity contribution in [2.75, 3.05) is 11.9 Å². The SMILES string of the molecule is CCc1cccc(CC)c1NC(=O)COC(=O)C=Cc1ccc(Cl)cc1Cl. The zero-order valence-electron chi connectivity index (χ0n) is 15.2. The molecule has 0 aliphatic rings. The Morgan fingerprint density at radius 1 is 1.07 bits per heavy atom. The first-order valence-electron chi connectivity index (χ1n) is 8.65. The summed E-state index contributed by atoms with van der Waals surface area (Å²) in [6.45, 7) is 3.69. The van der Waals surface area contributed by atoms with E-state index < -0.39 is 5.97 Å². The van der Waals surface area contributed by atoms with Gasteiger partial charge in [0.2, 0.25) is 0 Å². The molecule has 0 saturated heterocycles. The number of hydrogen-bond donors (Lipinski definition) is 1. The van der Waals surface area contributed by atoms with Crippen LogP contribution in [0.25, 0.3) is 6.08 Å². The summed E-state index contributed by atoms with van der Waals surface area (Å²) >= 11 is 11.9. The van der Waals surface area contributed by atoms with E-state index in [0.29, 0.717) is 15.6 Å². The predicted molar refractivity (Wildman–Crippen MR) is 110 cm³/mol. The van der Waals surface area contributed by atoms with Crippen LogP contribution >= 0.6 is 23.2 Å². The third kappa shape index (κ3) is 6.12. The second-order valence-electron chi connectivity index (χ2n) is 5.81. The second-order valence-corrected chi connectivity index (χ2v) is 6.66. The number of para-hydroxylation sites is 1. The lowest BCUT2D eigenvalue weighted by atomic mass is 10.0. The summed E-state index contributed by atoms with van der Waals surface area (Å²) in [4.78, 5) is 24.0. The minimum Gasteiger partial charge on any atom is -0.452 e. The topological polar surface area (TPSA) is 55.4 Å². The lowest BCUT2D eigenvalue weighted by molar-refractivity contribution is -0.142. The lowest BCUT2D eigenvalue weighted by Crippen LogP contribution is -2.21. The van der Waals surface area contributed by atoms with Gasteiger partial charge in [0.25, 0.3) is 5.91 Å². The summed E-state index contributed by atoms with van der Waals surface area (Å²) in [7, 11) is 0. The molecule has 0 aliphatic carbocycles. The van der Waals surface area contributed by atoms with E-state index in [1.807, 2.05) is 32.0 Å². The van der Waals surface area contributed by atoms with Crippen molar-refractivity contribution in [2.24, 2.45) is 0 Å². The van der Waals surface area contributed by atoms with Gasteiger partial charge in [-0.15, -0.1) is 0 Å². The van der Waals surface area contributed by atoms with Crippen LogP contribution in [0.4, 0.5) is 5.69 Å². The molecule has 2 aromatic rings. The van der Waals surface area contributed by atoms with Gasteiger partial charge in [0.05, 0.1) is 0 Å². The fourth-order valence-electron chi connectivity index (χ4n) is 2.56. The predicted octanol–water partition coefficient (Wildman–Crippen LogP) is 5.31. The molecule has 6 heteroatoms. The van der Waals surface area contributed by atoms with Crippen LogP contribution in [0.1, 0.15) is 30.5 Å². The van der Waals surface area contributed by atoms with Gasteiger partial charge in [-0.05, 0) is 47.7 Å². The van der Waals surface area contributed by atoms with Gasteiger partial charge in [0.1, 0.15) is 0 Å². The number of carbonyl (C=O) groups is 2. The van der Waals surface area contributed by atoms with Crippen LogP contribution in [-0.4, -0.2) is 18.5 Å². The van der Waals surface area contributed by atoms with Crippen molar-refractivity contribution in [2.45, 2.75) is 26.7 Å². The number of anilines is 1. The number of ether oxygens (including phenoxy) is 1. The molecule has 0 aliphatic heterocycles. The second kappa shape index (κ2) is 10.1. The van der Waals surface area contributed by atoms with Gasteiger partial charge < -0.3 is 10.1 Å². The molecule has 0 fully saturated rings. The van der Waals surface area contributed by atoms with Crippen LogP contribution in [-0.2, 0) is 27.2 Å². The number of esters is 1. The average Bonchev–Trinajstić information content (AvgIpc) is 2.65. The van der Waals surface area contributed by atoms with Crippen molar-refractivity contribution < 1.29 is 14.3 Å². The van der Waals surface area contributed by atoms with Crippen molar-refractivity contribution in [1.29, 1.82) is 0 Å². The van der Waals surface area contributed by atoms with Crippen LogP contribution in [0.2, 0.25) is 10.0 Å². The molecule has 0 heterocycles. The van der Waals surface area contributed by atoms with Gasteiger partial charge >= 0.3 is 5.97 Å². The zero-order valence-corrected chi connectivity index (χ0v) is 16.7. The minimum absolute atomic E-state index is 0.362. The van der Waals surface area contributed by atoms with Gasteiger partial charge in [-0.3, -0.25) is 4.79 Å². The molecule has 4 nitrogen and oxygen atoms in total. The summed E-state index contributed by atoms with van der Waals surface area (Å²) in [6.07, 6.45) is 4.34. The molecule has 0 unspecified atom stereocenters. The maximum absolute atomic E-state index is 12.2. The Hall–Kier alpha value is -2.30. The van der Waals surface area contributed by atoms with E-state index in [-0.39, 0.29) is 12.5 Å². The zero-order chi connectivity index (χ0) is 19.8. The largest absolute Gasteiger partial charge is 0.452 e. The molecule has 1 N–H and O–H groups in total. The van der Waals surface area contributed by atoms with Crippen molar-refractivity contribution in [3.63, 3.8) is 0 Å². The Morgan fingerprint density at radius 3 is 2.33 bits per heavy atom. The number of benzene rings is 2. The normalized spacial score (nSPS) is 10.8. The Labute approximate surface area is 169 Å². The Bertz CT molecular complexity index is 840. The first kappa shape index (κ1) is 21.0. The first-order chi connectivity index (χ1) is 12.9. The highest BCUT2D eigenvalue weighted by Gasteiger charge is 2.11. The summed E-state index contributed by atoms with van der Waals surface area (Å²) < 4.78 is 5.00. The van der Waals surface area contributed by atoms with Crippen LogP contribution in [0, 0.1) is 0 Å². The van der Waals surface area contributed by atoms with E-state index in [0.717, 1.165) is 29.7 Å². The number of carbonyl (C=O) groups excluding carboxylic acids is 2. The minimum atomic E-state index is -0.629. The van der Waals surface area contributed by atoms with E-state index >= 15 is 0 Å². The standard InChI is InChI=1S/C21H21Cl2NO3/c1-3-14-6-5-7-15(4-2)21(14)24-19(25)13-27-20(26)11-9-16-8-10-17(22)12-18(16)23/h5-12H,3-4,13H2,1-2H3,(H,24,25). The van der Waals surface area contributed by atoms with Crippen LogP contribution < -0.4 is 5.32 Å². The molecule has 142 valence electrons. The fraction of sp³-hybridized carbons (Fsp3) is 0.238. The first-order valence-corrected chi connectivity index (χ1v) is 9.40. The fourth-order valence-corrected chi connectivity index (χ4v) is 3.03. The Morgan fingerprint density at radius 2 is 1.74 bits per heavy atom. The van der Waals surface area contributed by atoms with Gasteiger partial charge in [-0.1, -0.05) is 61.3 Å². The van der Waals surface area contributed by atoms with Gasteiger partial charge in [0.15, 0.2) is 6.61 Å². The molecule has 2 aromatic carbocycles. The van der Waals surface area contributed by atoms with Gasteiger partial charge in [-0.2, -0.15) is 0 Å². The van der Waals surface area contributed by atoms with E-state index in [1.54, 1.807) is 18.2 Å². The molecule has 0 aromatic heterocycles. The van der Waals surface area contributed by atoms with Gasteiger partial charge in [0, 0.05) is 21.8 Å². The smallest absolute Gasteiger partial charge is 0.331 e. The number of rotatable bonds is 7. The van der Waals surface area contributed by atoms with Crippen LogP contribution in [0.15, 0.2) is 42.5 Å². The number of amides is 1. The number of nitrogens with one attached hydrogen (secondary N) is 1. The van der Waals surface area contributed by atoms with Gasteiger partial charge in [-0.25, -0.2) is 4.79 Å². The molecule has 27 heavy (non-hydrogen) atoms. The quantitative estimate of drug-likeness (QED) is 0.501. The molecule has 1 amide bonds. The van der Waals surface area contributed by atoms with E-state index in [4.69, 9.17) is 27.9 Å². The van der Waals surface area contributed by atoms with Crippen molar-refractivity contribution in [3.05, 3.63) is 69.2 Å². The summed E-state index contributed by atoms with van der Waals surface area (Å²) in [5.74, 6) is -1.01. The van der Waals surface area contributed by atoms with Crippen LogP contribution in [0.3, 0.4) is 0 Å². The third-order valence-corrected chi connectivity index (χ3v) is 4.53. The maximum Gasteiger partial charge on any atom is 0.331 e. The molecule has 0 bridgehead atoms. The van der Waals surface area contributed by atoms with Crippen LogP contribution in [0.5, 0.6) is 0 Å². The summed E-state index contributed by atoms with van der Waals surface area (Å²) in [5, 5.41) is 3.78. The lowest BCUT2D eigenvalue weighted by Gasteiger charge is -2.14. The third-order valence-electron chi connectivity index (χ3n) is 3.97. The molecule has 2 rings (SSSR count). The summed E-state index contributed by atoms with van der Waals surface area (Å²) in [5.41, 5.74) is 3.52. The highest BCUT2D eigenvalue weighted by molar-refractivity contribution is 6.35. The van der Waals surface area contributed by atoms with E-state index in [1.165, 1.54) is 12.2 Å². The Kier molecular flexibility index (Phi) is 7.89. The van der Waals surface area contributed by atoms with E-state index in [2.05, 4.69) is 5.32 Å². The van der Waals surface area contributed by atoms with Crippen molar-refractivity contribution >= 4 is 46.8 Å². The molecule has 0 saturated carbocycles. The molecule has 0 spiro atoms. The number of aryl methyl sites for hydroxylation is 2. The molecule has 0 atom stereocenters. The number of halogens is 2. The molecular formula is C21H21Cl2NO3. The number of hydrogen-bond acceptors (Lipinski definition) is 3. The van der Waals surface area contributed by atoms with Crippen molar-refractivity contribution in [3.8, 4) is 0 Å². The van der Waals surface area contributed by atoms with E-state index in [9.17, 15) is 9.59 Å². The highest BCUT2D eigenvalue weighted by Crippen LogP contribution is 2.23. The average molecular weight is 406 g/mol. The Balaban J connectivity index is 1.94. The van der Waals surface area contributed by atoms with Crippen molar-refractivity contribution in [1.82, 2.24) is 0 Å².